The molecule has 0 spiro atoms. The normalized spacial score (nSPS) is 11.4. The van der Waals surface area contributed by atoms with Gasteiger partial charge in [-0.15, -0.1) is 0 Å². The number of carbonyl (C=O) groups is 1. The van der Waals surface area contributed by atoms with Crippen LogP contribution in [0.2, 0.25) is 0 Å². The molecule has 2 nitrogen and oxygen atoms in total. The molecule has 204 valence electrons. The topological polar surface area (TPSA) is 26.3 Å². The van der Waals surface area contributed by atoms with Gasteiger partial charge in [-0.3, -0.25) is 4.79 Å². The summed E-state index contributed by atoms with van der Waals surface area (Å²) in [7, 11) is 0. The van der Waals surface area contributed by atoms with Crippen molar-refractivity contribution in [1.82, 2.24) is 0 Å². The first-order valence-corrected chi connectivity index (χ1v) is 15.8. The third kappa shape index (κ3) is 29.5. The summed E-state index contributed by atoms with van der Waals surface area (Å²) < 4.78 is 5.42. The molecule has 0 saturated carbocycles. The van der Waals surface area contributed by atoms with Gasteiger partial charge in [-0.1, -0.05) is 168 Å². The van der Waals surface area contributed by atoms with Gasteiger partial charge >= 0.3 is 5.97 Å². The van der Waals surface area contributed by atoms with Crippen LogP contribution in [0.5, 0.6) is 0 Å². The molecule has 0 rings (SSSR count). The molecule has 0 aliphatic carbocycles. The molecular formula is C32H64O2. The van der Waals surface area contributed by atoms with Gasteiger partial charge in [0, 0.05) is 6.42 Å². The number of carbonyl (C=O) groups excluding carboxylic acids is 1. The quantitative estimate of drug-likeness (QED) is 0.0821. The highest BCUT2D eigenvalue weighted by atomic mass is 16.5. The van der Waals surface area contributed by atoms with Gasteiger partial charge in [0.25, 0.3) is 0 Å². The smallest absolute Gasteiger partial charge is 0.305 e. The highest BCUT2D eigenvalue weighted by molar-refractivity contribution is 5.69. The van der Waals surface area contributed by atoms with Gasteiger partial charge in [-0.05, 0) is 18.8 Å². The lowest BCUT2D eigenvalue weighted by atomic mass is 10.0. The number of hydrogen-bond acceptors (Lipinski definition) is 2. The summed E-state index contributed by atoms with van der Waals surface area (Å²) >= 11 is 0. The predicted molar refractivity (Wildman–Crippen MR) is 152 cm³/mol. The fraction of sp³-hybridized carbons (Fsp3) is 0.969. The highest BCUT2D eigenvalue weighted by Crippen LogP contribution is 2.15. The molecule has 0 N–H and O–H groups in total. The molecule has 0 unspecified atom stereocenters. The van der Waals surface area contributed by atoms with Gasteiger partial charge < -0.3 is 4.74 Å². The SMILES string of the molecule is CCCCCCCCCCCCCCCCOC(=O)CCCCCCCCCCCCC(C)C. The van der Waals surface area contributed by atoms with Gasteiger partial charge in [-0.25, -0.2) is 0 Å². The van der Waals surface area contributed by atoms with Gasteiger partial charge in [0.05, 0.1) is 6.61 Å². The minimum atomic E-state index is 0.0242. The summed E-state index contributed by atoms with van der Waals surface area (Å²) in [6.45, 7) is 7.56. The second kappa shape index (κ2) is 28.7. The fourth-order valence-corrected chi connectivity index (χ4v) is 4.79. The van der Waals surface area contributed by atoms with Crippen molar-refractivity contribution in [1.29, 1.82) is 0 Å². The number of ether oxygens (including phenoxy) is 1. The van der Waals surface area contributed by atoms with E-state index in [-0.39, 0.29) is 5.97 Å². The van der Waals surface area contributed by atoms with Crippen molar-refractivity contribution in [2.75, 3.05) is 6.61 Å². The summed E-state index contributed by atoms with van der Waals surface area (Å²) in [6.07, 6.45) is 34.3. The fourth-order valence-electron chi connectivity index (χ4n) is 4.79. The minimum Gasteiger partial charge on any atom is -0.466 e. The Morgan fingerprint density at radius 1 is 0.500 bits per heavy atom. The number of esters is 1. The van der Waals surface area contributed by atoms with Crippen molar-refractivity contribution in [3.8, 4) is 0 Å². The molecule has 0 fully saturated rings. The summed E-state index contributed by atoms with van der Waals surface area (Å²) in [6, 6.07) is 0. The first-order valence-electron chi connectivity index (χ1n) is 15.8. The molecule has 34 heavy (non-hydrogen) atoms. The van der Waals surface area contributed by atoms with Crippen LogP contribution in [0.1, 0.15) is 188 Å². The van der Waals surface area contributed by atoms with Crippen LogP contribution in [0.3, 0.4) is 0 Å². The van der Waals surface area contributed by atoms with E-state index in [0.29, 0.717) is 13.0 Å². The maximum atomic E-state index is 11.9. The van der Waals surface area contributed by atoms with Crippen molar-refractivity contribution < 1.29 is 9.53 Å². The molecule has 0 aliphatic rings. The maximum absolute atomic E-state index is 11.9. The lowest BCUT2D eigenvalue weighted by Gasteiger charge is -2.06. The Morgan fingerprint density at radius 3 is 1.26 bits per heavy atom. The molecule has 0 atom stereocenters. The third-order valence-corrected chi connectivity index (χ3v) is 7.17. The maximum Gasteiger partial charge on any atom is 0.305 e. The molecule has 0 aliphatic heterocycles. The Kier molecular flexibility index (Phi) is 28.3. The lowest BCUT2D eigenvalue weighted by molar-refractivity contribution is -0.143. The summed E-state index contributed by atoms with van der Waals surface area (Å²) in [5, 5.41) is 0. The lowest BCUT2D eigenvalue weighted by Crippen LogP contribution is -2.05. The van der Waals surface area contributed by atoms with Crippen LogP contribution in [-0.2, 0) is 9.53 Å². The van der Waals surface area contributed by atoms with Crippen molar-refractivity contribution in [3.63, 3.8) is 0 Å². The minimum absolute atomic E-state index is 0.0242. The third-order valence-electron chi connectivity index (χ3n) is 7.17. The van der Waals surface area contributed by atoms with Gasteiger partial charge in [0.15, 0.2) is 0 Å². The van der Waals surface area contributed by atoms with E-state index in [1.807, 2.05) is 0 Å². The molecule has 0 aromatic heterocycles. The van der Waals surface area contributed by atoms with Crippen LogP contribution in [0.25, 0.3) is 0 Å². The van der Waals surface area contributed by atoms with Gasteiger partial charge in [-0.2, -0.15) is 0 Å². The van der Waals surface area contributed by atoms with Crippen LogP contribution in [-0.4, -0.2) is 12.6 Å². The average Bonchev–Trinajstić information content (AvgIpc) is 2.82. The molecule has 0 aromatic rings. The van der Waals surface area contributed by atoms with Crippen LogP contribution >= 0.6 is 0 Å². The molecule has 0 bridgehead atoms. The van der Waals surface area contributed by atoms with Gasteiger partial charge in [0.1, 0.15) is 0 Å². The highest BCUT2D eigenvalue weighted by Gasteiger charge is 2.03. The van der Waals surface area contributed by atoms with Crippen molar-refractivity contribution >= 4 is 5.97 Å². The Bertz CT molecular complexity index is 390. The zero-order valence-electron chi connectivity index (χ0n) is 24.0. The van der Waals surface area contributed by atoms with Crippen molar-refractivity contribution in [2.45, 2.75) is 188 Å². The van der Waals surface area contributed by atoms with E-state index in [1.54, 1.807) is 0 Å². The van der Waals surface area contributed by atoms with Crippen molar-refractivity contribution in [3.05, 3.63) is 0 Å². The monoisotopic (exact) mass is 480 g/mol. The van der Waals surface area contributed by atoms with Crippen LogP contribution in [0, 0.1) is 5.92 Å². The standard InChI is InChI=1S/C32H64O2/c1-4-5-6-7-8-9-10-11-12-15-18-21-24-27-30-34-32(33)29-26-23-20-17-14-13-16-19-22-25-28-31(2)3/h31H,4-30H2,1-3H3. The zero-order valence-corrected chi connectivity index (χ0v) is 24.0. The van der Waals surface area contributed by atoms with E-state index < -0.39 is 0 Å². The molecule has 0 heterocycles. The second-order valence-corrected chi connectivity index (χ2v) is 11.3. The van der Waals surface area contributed by atoms with Gasteiger partial charge in [0.2, 0.25) is 0 Å². The molecule has 0 radical (unpaired) electrons. The molecule has 0 amide bonds. The molecule has 0 saturated heterocycles. The van der Waals surface area contributed by atoms with E-state index in [4.69, 9.17) is 4.74 Å². The Morgan fingerprint density at radius 2 is 0.853 bits per heavy atom. The zero-order chi connectivity index (χ0) is 25.0. The van der Waals surface area contributed by atoms with Crippen molar-refractivity contribution in [2.24, 2.45) is 5.92 Å². The Balaban J connectivity index is 3.15. The number of rotatable bonds is 28. The number of hydrogen-bond donors (Lipinski definition) is 0. The second-order valence-electron chi connectivity index (χ2n) is 11.3. The molecule has 2 heteroatoms. The predicted octanol–water partition coefficient (Wildman–Crippen LogP) is 11.3. The van der Waals surface area contributed by atoms with E-state index in [0.717, 1.165) is 18.8 Å². The van der Waals surface area contributed by atoms with Crippen LogP contribution < -0.4 is 0 Å². The Hall–Kier alpha value is -0.530. The summed E-state index contributed by atoms with van der Waals surface area (Å²) in [5.74, 6) is 0.887. The average molecular weight is 481 g/mol. The van der Waals surface area contributed by atoms with E-state index in [1.165, 1.54) is 148 Å². The summed E-state index contributed by atoms with van der Waals surface area (Å²) in [5.41, 5.74) is 0. The number of unbranched alkanes of at least 4 members (excludes halogenated alkanes) is 22. The molecular weight excluding hydrogens is 416 g/mol. The van der Waals surface area contributed by atoms with Crippen LogP contribution in [0.4, 0.5) is 0 Å². The molecule has 0 aromatic carbocycles. The van der Waals surface area contributed by atoms with E-state index in [2.05, 4.69) is 20.8 Å². The van der Waals surface area contributed by atoms with E-state index in [9.17, 15) is 4.79 Å². The summed E-state index contributed by atoms with van der Waals surface area (Å²) in [4.78, 5) is 11.9. The Labute approximate surface area is 215 Å². The van der Waals surface area contributed by atoms with E-state index >= 15 is 0 Å². The first-order chi connectivity index (χ1) is 16.7. The first kappa shape index (κ1) is 33.5. The largest absolute Gasteiger partial charge is 0.466 e. The van der Waals surface area contributed by atoms with Crippen LogP contribution in [0.15, 0.2) is 0 Å².